The van der Waals surface area contributed by atoms with Gasteiger partial charge < -0.3 is 11.1 Å². The normalized spacial score (nSPS) is 10.8. The van der Waals surface area contributed by atoms with Crippen LogP contribution in [0.15, 0.2) is 42.5 Å². The molecule has 0 radical (unpaired) electrons. The molecule has 2 rings (SSSR count). The predicted molar refractivity (Wildman–Crippen MR) is 79.6 cm³/mol. The van der Waals surface area contributed by atoms with E-state index in [9.17, 15) is 13.6 Å². The van der Waals surface area contributed by atoms with Gasteiger partial charge in [0.2, 0.25) is 5.91 Å². The largest absolute Gasteiger partial charge is 0.399 e. The Hall–Kier alpha value is -2.69. The molecule has 0 fully saturated rings. The standard InChI is InChI=1S/C16H14F2N2O/c1-10-2-8-13(17)16(15(10)18)20-14(21)9-5-11-3-6-12(19)7-4-11/h2-9H,19H2,1H3,(H,20,21)/b9-5+. The second-order valence-corrected chi connectivity index (χ2v) is 4.54. The van der Waals surface area contributed by atoms with Crippen molar-refractivity contribution in [2.24, 2.45) is 0 Å². The zero-order valence-corrected chi connectivity index (χ0v) is 11.4. The number of carbonyl (C=O) groups is 1. The molecule has 0 aromatic heterocycles. The van der Waals surface area contributed by atoms with Crippen molar-refractivity contribution >= 4 is 23.4 Å². The Bertz CT molecular complexity index is 694. The molecule has 0 atom stereocenters. The average molecular weight is 288 g/mol. The van der Waals surface area contributed by atoms with Crippen molar-refractivity contribution in [2.75, 3.05) is 11.1 Å². The number of anilines is 2. The van der Waals surface area contributed by atoms with Crippen LogP contribution in [-0.2, 0) is 4.79 Å². The Morgan fingerprint density at radius 2 is 1.81 bits per heavy atom. The topological polar surface area (TPSA) is 55.1 Å². The number of halogens is 2. The number of carbonyl (C=O) groups excluding carboxylic acids is 1. The summed E-state index contributed by atoms with van der Waals surface area (Å²) < 4.78 is 27.2. The molecule has 0 aliphatic rings. The maximum absolute atomic E-state index is 13.7. The molecule has 0 heterocycles. The van der Waals surface area contributed by atoms with Gasteiger partial charge in [-0.25, -0.2) is 8.78 Å². The molecule has 0 bridgehead atoms. The monoisotopic (exact) mass is 288 g/mol. The lowest BCUT2D eigenvalue weighted by Gasteiger charge is -2.07. The minimum atomic E-state index is -0.813. The molecule has 5 heteroatoms. The number of nitrogens with one attached hydrogen (secondary N) is 1. The number of nitrogen functional groups attached to an aromatic ring is 1. The van der Waals surface area contributed by atoms with E-state index in [-0.39, 0.29) is 5.56 Å². The first-order chi connectivity index (χ1) is 9.97. The number of amides is 1. The Kier molecular flexibility index (Phi) is 4.33. The summed E-state index contributed by atoms with van der Waals surface area (Å²) in [5, 5.41) is 2.20. The first-order valence-corrected chi connectivity index (χ1v) is 6.26. The molecule has 1 amide bonds. The van der Waals surface area contributed by atoms with Crippen LogP contribution < -0.4 is 11.1 Å². The van der Waals surface area contributed by atoms with Crippen LogP contribution in [0.1, 0.15) is 11.1 Å². The van der Waals surface area contributed by atoms with Gasteiger partial charge in [0.1, 0.15) is 11.5 Å². The van der Waals surface area contributed by atoms with Crippen molar-refractivity contribution < 1.29 is 13.6 Å². The van der Waals surface area contributed by atoms with Gasteiger partial charge in [-0.3, -0.25) is 4.79 Å². The SMILES string of the molecule is Cc1ccc(F)c(NC(=O)/C=C/c2ccc(N)cc2)c1F. The Morgan fingerprint density at radius 1 is 1.14 bits per heavy atom. The number of nitrogens with two attached hydrogens (primary N) is 1. The van der Waals surface area contributed by atoms with Gasteiger partial charge in [-0.1, -0.05) is 18.2 Å². The van der Waals surface area contributed by atoms with E-state index in [1.165, 1.54) is 25.1 Å². The highest BCUT2D eigenvalue weighted by atomic mass is 19.1. The molecule has 108 valence electrons. The summed E-state index contributed by atoms with van der Waals surface area (Å²) >= 11 is 0. The minimum Gasteiger partial charge on any atom is -0.399 e. The lowest BCUT2D eigenvalue weighted by Crippen LogP contribution is -2.11. The number of rotatable bonds is 3. The number of hydrogen-bond acceptors (Lipinski definition) is 2. The van der Waals surface area contributed by atoms with Crippen LogP contribution in [0.3, 0.4) is 0 Å². The zero-order valence-electron chi connectivity index (χ0n) is 11.4. The van der Waals surface area contributed by atoms with Crippen LogP contribution in [0, 0.1) is 18.6 Å². The van der Waals surface area contributed by atoms with Crippen molar-refractivity contribution in [3.05, 3.63) is 65.2 Å². The van der Waals surface area contributed by atoms with E-state index >= 15 is 0 Å². The maximum atomic E-state index is 13.7. The highest BCUT2D eigenvalue weighted by molar-refractivity contribution is 6.02. The fourth-order valence-corrected chi connectivity index (χ4v) is 1.72. The van der Waals surface area contributed by atoms with Crippen molar-refractivity contribution in [3.8, 4) is 0 Å². The first kappa shape index (κ1) is 14.7. The molecular formula is C16H14F2N2O. The quantitative estimate of drug-likeness (QED) is 0.671. The molecule has 2 aromatic rings. The Balaban J connectivity index is 2.12. The summed E-state index contributed by atoms with van der Waals surface area (Å²) in [6.07, 6.45) is 2.73. The minimum absolute atomic E-state index is 0.259. The van der Waals surface area contributed by atoms with Crippen molar-refractivity contribution in [2.45, 2.75) is 6.92 Å². The van der Waals surface area contributed by atoms with Gasteiger partial charge in [-0.2, -0.15) is 0 Å². The van der Waals surface area contributed by atoms with E-state index in [0.29, 0.717) is 5.69 Å². The summed E-state index contributed by atoms with van der Waals surface area (Å²) in [4.78, 5) is 11.7. The van der Waals surface area contributed by atoms with Gasteiger partial charge in [-0.15, -0.1) is 0 Å². The van der Waals surface area contributed by atoms with E-state index in [1.54, 1.807) is 24.3 Å². The second-order valence-electron chi connectivity index (χ2n) is 4.54. The predicted octanol–water partition coefficient (Wildman–Crippen LogP) is 3.51. The van der Waals surface area contributed by atoms with E-state index in [0.717, 1.165) is 11.6 Å². The number of benzene rings is 2. The fourth-order valence-electron chi connectivity index (χ4n) is 1.72. The lowest BCUT2D eigenvalue weighted by molar-refractivity contribution is -0.111. The lowest BCUT2D eigenvalue weighted by atomic mass is 10.2. The molecule has 0 aliphatic heterocycles. The fraction of sp³-hybridized carbons (Fsp3) is 0.0625. The maximum Gasteiger partial charge on any atom is 0.248 e. The summed E-state index contributed by atoms with van der Waals surface area (Å²) in [6.45, 7) is 1.49. The number of aryl methyl sites for hydroxylation is 1. The van der Waals surface area contributed by atoms with Gasteiger partial charge in [0.25, 0.3) is 0 Å². The van der Waals surface area contributed by atoms with Gasteiger partial charge >= 0.3 is 0 Å². The summed E-state index contributed by atoms with van der Waals surface area (Å²) in [7, 11) is 0. The van der Waals surface area contributed by atoms with E-state index in [4.69, 9.17) is 5.73 Å². The van der Waals surface area contributed by atoms with Gasteiger partial charge in [0.15, 0.2) is 5.82 Å². The van der Waals surface area contributed by atoms with Crippen molar-refractivity contribution in [3.63, 3.8) is 0 Å². The van der Waals surface area contributed by atoms with E-state index in [2.05, 4.69) is 5.32 Å². The molecule has 0 saturated heterocycles. The van der Waals surface area contributed by atoms with Gasteiger partial charge in [0.05, 0.1) is 0 Å². The third-order valence-electron chi connectivity index (χ3n) is 2.90. The molecule has 0 aliphatic carbocycles. The third kappa shape index (κ3) is 3.66. The van der Waals surface area contributed by atoms with Crippen LogP contribution in [-0.4, -0.2) is 5.91 Å². The van der Waals surface area contributed by atoms with Crippen LogP contribution in [0.2, 0.25) is 0 Å². The smallest absolute Gasteiger partial charge is 0.248 e. The van der Waals surface area contributed by atoms with Crippen molar-refractivity contribution in [1.29, 1.82) is 0 Å². The van der Waals surface area contributed by atoms with E-state index in [1.807, 2.05) is 0 Å². The molecule has 2 aromatic carbocycles. The summed E-state index contributed by atoms with van der Waals surface area (Å²) in [6, 6.07) is 9.26. The first-order valence-electron chi connectivity index (χ1n) is 6.26. The Labute approximate surface area is 121 Å². The third-order valence-corrected chi connectivity index (χ3v) is 2.90. The summed E-state index contributed by atoms with van der Waals surface area (Å²) in [5.41, 5.74) is 6.73. The van der Waals surface area contributed by atoms with Gasteiger partial charge in [-0.05, 0) is 42.3 Å². The molecular weight excluding hydrogens is 274 g/mol. The van der Waals surface area contributed by atoms with Crippen LogP contribution in [0.4, 0.5) is 20.2 Å². The number of hydrogen-bond donors (Lipinski definition) is 2. The molecule has 21 heavy (non-hydrogen) atoms. The van der Waals surface area contributed by atoms with Gasteiger partial charge in [0, 0.05) is 11.8 Å². The van der Waals surface area contributed by atoms with Crippen LogP contribution >= 0.6 is 0 Å². The second kappa shape index (κ2) is 6.17. The molecule has 3 N–H and O–H groups in total. The molecule has 0 spiro atoms. The average Bonchev–Trinajstić information content (AvgIpc) is 2.47. The molecule has 0 saturated carbocycles. The van der Waals surface area contributed by atoms with E-state index < -0.39 is 23.2 Å². The van der Waals surface area contributed by atoms with Crippen LogP contribution in [0.25, 0.3) is 6.08 Å². The van der Waals surface area contributed by atoms with Crippen molar-refractivity contribution in [1.82, 2.24) is 0 Å². The molecule has 3 nitrogen and oxygen atoms in total. The highest BCUT2D eigenvalue weighted by Gasteiger charge is 2.12. The summed E-state index contributed by atoms with van der Waals surface area (Å²) in [5.74, 6) is -2.20. The highest BCUT2D eigenvalue weighted by Crippen LogP contribution is 2.21. The van der Waals surface area contributed by atoms with Crippen LogP contribution in [0.5, 0.6) is 0 Å². The molecule has 0 unspecified atom stereocenters. The Morgan fingerprint density at radius 3 is 2.48 bits per heavy atom. The zero-order chi connectivity index (χ0) is 15.4.